The third-order valence-electron chi connectivity index (χ3n) is 3.23. The number of anilines is 3. The van der Waals surface area contributed by atoms with E-state index in [9.17, 15) is 9.59 Å². The number of carbonyl (C=O) groups excluding carboxylic acids is 2. The van der Waals surface area contributed by atoms with E-state index in [-0.39, 0.29) is 34.6 Å². The highest BCUT2D eigenvalue weighted by molar-refractivity contribution is 5.97. The molecule has 0 aliphatic rings. The lowest BCUT2D eigenvalue weighted by molar-refractivity contribution is 0.0599. The maximum atomic E-state index is 11.9. The van der Waals surface area contributed by atoms with Crippen LogP contribution in [0.3, 0.4) is 0 Å². The summed E-state index contributed by atoms with van der Waals surface area (Å²) in [5.41, 5.74) is 6.97. The second kappa shape index (κ2) is 8.15. The average Bonchev–Trinajstić information content (AvgIpc) is 2.63. The van der Waals surface area contributed by atoms with E-state index in [1.54, 1.807) is 0 Å². The maximum absolute atomic E-state index is 11.9. The van der Waals surface area contributed by atoms with Gasteiger partial charge in [0, 0.05) is 5.69 Å². The van der Waals surface area contributed by atoms with Crippen LogP contribution in [-0.2, 0) is 9.47 Å². The Balaban J connectivity index is 2.42. The molecule has 0 radical (unpaired) electrons. The summed E-state index contributed by atoms with van der Waals surface area (Å²) in [6, 6.07) is 4.38. The minimum atomic E-state index is -0.599. The van der Waals surface area contributed by atoms with Crippen molar-refractivity contribution in [3.63, 3.8) is 0 Å². The van der Waals surface area contributed by atoms with E-state index in [4.69, 9.17) is 19.9 Å². The SMILES string of the molecule is COC(=O)c1cc(Nc2ncnc(OC(C)C)c2N)cc(C(=O)OC)c1. The maximum Gasteiger partial charge on any atom is 0.337 e. The molecule has 26 heavy (non-hydrogen) atoms. The number of aromatic nitrogens is 2. The van der Waals surface area contributed by atoms with Gasteiger partial charge in [0.2, 0.25) is 5.88 Å². The molecule has 2 rings (SSSR count). The Morgan fingerprint density at radius 1 is 1.04 bits per heavy atom. The number of esters is 2. The summed E-state index contributed by atoms with van der Waals surface area (Å²) in [5.74, 6) is -0.695. The number of rotatable bonds is 6. The highest BCUT2D eigenvalue weighted by Gasteiger charge is 2.16. The van der Waals surface area contributed by atoms with Gasteiger partial charge in [-0.2, -0.15) is 4.98 Å². The van der Waals surface area contributed by atoms with E-state index in [1.807, 2.05) is 13.8 Å². The van der Waals surface area contributed by atoms with Crippen molar-refractivity contribution in [2.24, 2.45) is 0 Å². The lowest BCUT2D eigenvalue weighted by Gasteiger charge is -2.14. The van der Waals surface area contributed by atoms with Gasteiger partial charge in [0.05, 0.1) is 31.5 Å². The van der Waals surface area contributed by atoms with Crippen molar-refractivity contribution in [1.29, 1.82) is 0 Å². The van der Waals surface area contributed by atoms with Crippen molar-refractivity contribution in [1.82, 2.24) is 9.97 Å². The first-order valence-corrected chi connectivity index (χ1v) is 7.71. The first-order chi connectivity index (χ1) is 12.3. The van der Waals surface area contributed by atoms with Gasteiger partial charge in [-0.25, -0.2) is 14.6 Å². The molecule has 0 amide bonds. The smallest absolute Gasteiger partial charge is 0.337 e. The number of nitrogen functional groups attached to an aromatic ring is 1. The normalized spacial score (nSPS) is 10.3. The number of hydrogen-bond acceptors (Lipinski definition) is 9. The lowest BCUT2D eigenvalue weighted by atomic mass is 10.1. The molecule has 138 valence electrons. The van der Waals surface area contributed by atoms with Gasteiger partial charge >= 0.3 is 11.9 Å². The van der Waals surface area contributed by atoms with E-state index >= 15 is 0 Å². The molecule has 0 aliphatic carbocycles. The van der Waals surface area contributed by atoms with Crippen molar-refractivity contribution in [3.05, 3.63) is 35.7 Å². The summed E-state index contributed by atoms with van der Waals surface area (Å²) < 4.78 is 14.9. The van der Waals surface area contributed by atoms with Crippen LogP contribution < -0.4 is 15.8 Å². The van der Waals surface area contributed by atoms with E-state index in [0.717, 1.165) is 0 Å². The number of hydrogen-bond donors (Lipinski definition) is 2. The lowest BCUT2D eigenvalue weighted by Crippen LogP contribution is -2.11. The zero-order chi connectivity index (χ0) is 19.3. The van der Waals surface area contributed by atoms with Crippen LogP contribution in [-0.4, -0.2) is 42.2 Å². The standard InChI is InChI=1S/C17H20N4O5/c1-9(2)26-15-13(18)14(19-8-20-15)21-12-6-10(16(22)24-3)5-11(7-12)17(23)25-4/h5-9H,18H2,1-4H3,(H,19,20,21). The molecule has 0 spiro atoms. The molecular weight excluding hydrogens is 340 g/mol. The number of nitrogens with zero attached hydrogens (tertiary/aromatic N) is 2. The number of nitrogens with two attached hydrogens (primary N) is 1. The molecule has 0 fully saturated rings. The predicted molar refractivity (Wildman–Crippen MR) is 94.6 cm³/mol. The van der Waals surface area contributed by atoms with Crippen LogP contribution in [0.2, 0.25) is 0 Å². The molecule has 3 N–H and O–H groups in total. The second-order valence-corrected chi connectivity index (χ2v) is 5.51. The Morgan fingerprint density at radius 2 is 1.62 bits per heavy atom. The topological polar surface area (TPSA) is 126 Å². The van der Waals surface area contributed by atoms with Crippen LogP contribution in [0.25, 0.3) is 0 Å². The first kappa shape index (κ1) is 19.0. The van der Waals surface area contributed by atoms with Crippen molar-refractivity contribution in [3.8, 4) is 5.88 Å². The largest absolute Gasteiger partial charge is 0.473 e. The van der Waals surface area contributed by atoms with Crippen molar-refractivity contribution in [2.45, 2.75) is 20.0 Å². The van der Waals surface area contributed by atoms with Crippen LogP contribution in [0.5, 0.6) is 5.88 Å². The van der Waals surface area contributed by atoms with E-state index < -0.39 is 11.9 Å². The molecule has 9 nitrogen and oxygen atoms in total. The number of ether oxygens (including phenoxy) is 3. The van der Waals surface area contributed by atoms with Crippen LogP contribution in [0, 0.1) is 0 Å². The molecule has 0 saturated carbocycles. The molecule has 2 aromatic rings. The minimum Gasteiger partial charge on any atom is -0.473 e. The number of benzene rings is 1. The monoisotopic (exact) mass is 360 g/mol. The molecule has 0 atom stereocenters. The number of methoxy groups -OCH3 is 2. The highest BCUT2D eigenvalue weighted by atomic mass is 16.5. The van der Waals surface area contributed by atoms with Gasteiger partial charge in [-0.3, -0.25) is 0 Å². The Labute approximate surface area is 150 Å². The van der Waals surface area contributed by atoms with Crippen LogP contribution in [0.1, 0.15) is 34.6 Å². The summed E-state index contributed by atoms with van der Waals surface area (Å²) in [4.78, 5) is 31.8. The van der Waals surface area contributed by atoms with Crippen molar-refractivity contribution < 1.29 is 23.8 Å². The average molecular weight is 360 g/mol. The summed E-state index contributed by atoms with van der Waals surface area (Å²) in [6.45, 7) is 3.69. The summed E-state index contributed by atoms with van der Waals surface area (Å²) in [5, 5.41) is 2.95. The molecule has 0 saturated heterocycles. The minimum absolute atomic E-state index is 0.117. The van der Waals surface area contributed by atoms with E-state index in [0.29, 0.717) is 5.69 Å². The molecule has 0 unspecified atom stereocenters. The fourth-order valence-corrected chi connectivity index (χ4v) is 2.10. The van der Waals surface area contributed by atoms with Crippen LogP contribution >= 0.6 is 0 Å². The predicted octanol–water partition coefficient (Wildman–Crippen LogP) is 2.16. The molecular formula is C17H20N4O5. The zero-order valence-electron chi connectivity index (χ0n) is 14.9. The van der Waals surface area contributed by atoms with Crippen molar-refractivity contribution >= 4 is 29.1 Å². The van der Waals surface area contributed by atoms with Gasteiger partial charge in [-0.05, 0) is 32.0 Å². The summed E-state index contributed by atoms with van der Waals surface area (Å²) >= 11 is 0. The van der Waals surface area contributed by atoms with Gasteiger partial charge < -0.3 is 25.3 Å². The molecule has 1 heterocycles. The highest BCUT2D eigenvalue weighted by Crippen LogP contribution is 2.29. The number of nitrogens with one attached hydrogen (secondary N) is 1. The van der Waals surface area contributed by atoms with Gasteiger partial charge in [-0.15, -0.1) is 0 Å². The Kier molecular flexibility index (Phi) is 5.94. The second-order valence-electron chi connectivity index (χ2n) is 5.51. The van der Waals surface area contributed by atoms with Crippen LogP contribution in [0.4, 0.5) is 17.2 Å². The van der Waals surface area contributed by atoms with Gasteiger partial charge in [0.1, 0.15) is 12.0 Å². The van der Waals surface area contributed by atoms with Gasteiger partial charge in [-0.1, -0.05) is 0 Å². The molecule has 1 aromatic heterocycles. The van der Waals surface area contributed by atoms with Crippen molar-refractivity contribution in [2.75, 3.05) is 25.3 Å². The Morgan fingerprint density at radius 3 is 2.12 bits per heavy atom. The van der Waals surface area contributed by atoms with Gasteiger partial charge in [0.25, 0.3) is 0 Å². The Bertz CT molecular complexity index is 789. The molecule has 9 heteroatoms. The third kappa shape index (κ3) is 4.38. The quantitative estimate of drug-likeness (QED) is 0.745. The van der Waals surface area contributed by atoms with E-state index in [1.165, 1.54) is 38.7 Å². The van der Waals surface area contributed by atoms with Gasteiger partial charge in [0.15, 0.2) is 5.82 Å². The summed E-state index contributed by atoms with van der Waals surface area (Å²) in [6.07, 6.45) is 1.18. The Hall–Kier alpha value is -3.36. The molecule has 0 aliphatic heterocycles. The molecule has 1 aromatic carbocycles. The number of carbonyl (C=O) groups is 2. The fraction of sp³-hybridized carbons (Fsp3) is 0.294. The van der Waals surface area contributed by atoms with Crippen LogP contribution in [0.15, 0.2) is 24.5 Å². The van der Waals surface area contributed by atoms with E-state index in [2.05, 4.69) is 15.3 Å². The fourth-order valence-electron chi connectivity index (χ4n) is 2.10. The zero-order valence-corrected chi connectivity index (χ0v) is 14.9. The first-order valence-electron chi connectivity index (χ1n) is 7.71. The third-order valence-corrected chi connectivity index (χ3v) is 3.23. The summed E-state index contributed by atoms with van der Waals surface area (Å²) in [7, 11) is 2.50. The molecule has 0 bridgehead atoms.